The fourth-order valence-electron chi connectivity index (χ4n) is 3.13. The van der Waals surface area contributed by atoms with Gasteiger partial charge in [0.25, 0.3) is 5.91 Å². The van der Waals surface area contributed by atoms with Crippen molar-refractivity contribution in [3.63, 3.8) is 0 Å². The van der Waals surface area contributed by atoms with Gasteiger partial charge in [-0.15, -0.1) is 0 Å². The number of hydrogen-bond donors (Lipinski definition) is 2. The van der Waals surface area contributed by atoms with Gasteiger partial charge in [-0.25, -0.2) is 0 Å². The van der Waals surface area contributed by atoms with Crippen molar-refractivity contribution in [3.05, 3.63) is 70.3 Å². The Morgan fingerprint density at radius 3 is 2.48 bits per heavy atom. The van der Waals surface area contributed by atoms with Crippen molar-refractivity contribution in [2.75, 3.05) is 0 Å². The van der Waals surface area contributed by atoms with Gasteiger partial charge >= 0.3 is 0 Å². The van der Waals surface area contributed by atoms with Crippen LogP contribution < -0.4 is 5.32 Å². The highest BCUT2D eigenvalue weighted by molar-refractivity contribution is 5.97. The van der Waals surface area contributed by atoms with Crippen LogP contribution in [-0.4, -0.2) is 17.1 Å². The normalized spacial score (nSPS) is 20.1. The van der Waals surface area contributed by atoms with E-state index in [-0.39, 0.29) is 11.9 Å². The Labute approximate surface area is 124 Å². The highest BCUT2D eigenvalue weighted by atomic mass is 16.3. The molecule has 21 heavy (non-hydrogen) atoms. The SMILES string of the molecule is Cc1cccc(C)c1C(=O)N[C@@H]1c2ccccc2C[C@@H]1O. The van der Waals surface area contributed by atoms with Crippen molar-refractivity contribution >= 4 is 5.91 Å². The molecule has 0 bridgehead atoms. The van der Waals surface area contributed by atoms with Gasteiger partial charge in [-0.2, -0.15) is 0 Å². The van der Waals surface area contributed by atoms with Crippen LogP contribution in [0.3, 0.4) is 0 Å². The van der Waals surface area contributed by atoms with Crippen molar-refractivity contribution in [1.29, 1.82) is 0 Å². The summed E-state index contributed by atoms with van der Waals surface area (Å²) in [4.78, 5) is 12.6. The maximum atomic E-state index is 12.6. The molecule has 0 aromatic heterocycles. The quantitative estimate of drug-likeness (QED) is 0.889. The van der Waals surface area contributed by atoms with E-state index >= 15 is 0 Å². The summed E-state index contributed by atoms with van der Waals surface area (Å²) in [6.07, 6.45) is 0.0316. The molecule has 0 aliphatic heterocycles. The van der Waals surface area contributed by atoms with Gasteiger partial charge < -0.3 is 10.4 Å². The van der Waals surface area contributed by atoms with E-state index in [4.69, 9.17) is 0 Å². The Morgan fingerprint density at radius 2 is 1.76 bits per heavy atom. The van der Waals surface area contributed by atoms with Crippen molar-refractivity contribution in [3.8, 4) is 0 Å². The molecule has 1 aliphatic rings. The average Bonchev–Trinajstić information content (AvgIpc) is 2.75. The number of benzene rings is 2. The molecule has 1 amide bonds. The lowest BCUT2D eigenvalue weighted by molar-refractivity contribution is 0.0857. The Bertz CT molecular complexity index is 673. The number of amides is 1. The van der Waals surface area contributed by atoms with Crippen LogP contribution in [0.5, 0.6) is 0 Å². The second-order valence-electron chi connectivity index (χ2n) is 5.69. The van der Waals surface area contributed by atoms with Gasteiger partial charge in [0.1, 0.15) is 0 Å². The molecule has 1 aliphatic carbocycles. The average molecular weight is 281 g/mol. The number of aryl methyl sites for hydroxylation is 2. The van der Waals surface area contributed by atoms with Crippen LogP contribution >= 0.6 is 0 Å². The van der Waals surface area contributed by atoms with Crippen LogP contribution in [0, 0.1) is 13.8 Å². The highest BCUT2D eigenvalue weighted by Crippen LogP contribution is 2.31. The molecule has 2 atom stereocenters. The molecular formula is C18H19NO2. The number of rotatable bonds is 2. The lowest BCUT2D eigenvalue weighted by Crippen LogP contribution is -2.34. The number of aliphatic hydroxyl groups is 1. The smallest absolute Gasteiger partial charge is 0.252 e. The summed E-state index contributed by atoms with van der Waals surface area (Å²) < 4.78 is 0. The molecule has 108 valence electrons. The summed E-state index contributed by atoms with van der Waals surface area (Å²) in [5.74, 6) is -0.119. The third-order valence-corrected chi connectivity index (χ3v) is 4.20. The second kappa shape index (κ2) is 5.34. The molecule has 2 aromatic rings. The Balaban J connectivity index is 1.89. The largest absolute Gasteiger partial charge is 0.390 e. The zero-order valence-electron chi connectivity index (χ0n) is 12.3. The Hall–Kier alpha value is -2.13. The van der Waals surface area contributed by atoms with Crippen molar-refractivity contribution in [1.82, 2.24) is 5.32 Å². The number of fused-ring (bicyclic) bond motifs is 1. The summed E-state index contributed by atoms with van der Waals surface area (Å²) in [6.45, 7) is 3.86. The zero-order chi connectivity index (χ0) is 15.0. The topological polar surface area (TPSA) is 49.3 Å². The molecule has 0 unspecified atom stereocenters. The highest BCUT2D eigenvalue weighted by Gasteiger charge is 2.32. The number of hydrogen-bond acceptors (Lipinski definition) is 2. The maximum Gasteiger partial charge on any atom is 0.252 e. The zero-order valence-corrected chi connectivity index (χ0v) is 12.3. The summed E-state index contributed by atoms with van der Waals surface area (Å²) in [5.41, 5.74) is 4.73. The Morgan fingerprint density at radius 1 is 1.10 bits per heavy atom. The minimum Gasteiger partial charge on any atom is -0.390 e. The van der Waals surface area contributed by atoms with E-state index in [1.165, 1.54) is 0 Å². The van der Waals surface area contributed by atoms with Crippen molar-refractivity contribution < 1.29 is 9.90 Å². The van der Waals surface area contributed by atoms with Crippen LogP contribution in [0.1, 0.15) is 38.7 Å². The van der Waals surface area contributed by atoms with Crippen LogP contribution in [-0.2, 0) is 6.42 Å². The monoisotopic (exact) mass is 281 g/mol. The summed E-state index contributed by atoms with van der Waals surface area (Å²) in [6, 6.07) is 13.4. The van der Waals surface area contributed by atoms with E-state index in [0.717, 1.165) is 22.3 Å². The summed E-state index contributed by atoms with van der Waals surface area (Å²) in [5, 5.41) is 13.2. The van der Waals surface area contributed by atoms with Gasteiger partial charge in [0.15, 0.2) is 0 Å². The molecule has 3 heteroatoms. The molecule has 2 N–H and O–H groups in total. The number of carbonyl (C=O) groups excluding carboxylic acids is 1. The molecule has 0 radical (unpaired) electrons. The standard InChI is InChI=1S/C18H19NO2/c1-11-6-5-7-12(2)16(11)18(21)19-17-14-9-4-3-8-13(14)10-15(17)20/h3-9,15,17,20H,10H2,1-2H3,(H,19,21)/t15-,17+/m0/s1. The molecular weight excluding hydrogens is 262 g/mol. The van der Waals surface area contributed by atoms with Crippen LogP contribution in [0.2, 0.25) is 0 Å². The molecule has 0 heterocycles. The number of carbonyl (C=O) groups is 1. The molecule has 3 nitrogen and oxygen atoms in total. The van der Waals surface area contributed by atoms with E-state index in [9.17, 15) is 9.90 Å². The maximum absolute atomic E-state index is 12.6. The summed E-state index contributed by atoms with van der Waals surface area (Å²) in [7, 11) is 0. The third-order valence-electron chi connectivity index (χ3n) is 4.20. The van der Waals surface area contributed by atoms with Gasteiger partial charge in [0.05, 0.1) is 12.1 Å². The first-order valence-electron chi connectivity index (χ1n) is 7.21. The molecule has 0 saturated carbocycles. The fourth-order valence-corrected chi connectivity index (χ4v) is 3.13. The molecule has 3 rings (SSSR count). The molecule has 0 saturated heterocycles. The fraction of sp³-hybridized carbons (Fsp3) is 0.278. The third kappa shape index (κ3) is 2.45. The van der Waals surface area contributed by atoms with E-state index < -0.39 is 6.10 Å². The first-order chi connectivity index (χ1) is 10.1. The number of aliphatic hydroxyl groups excluding tert-OH is 1. The van der Waals surface area contributed by atoms with Gasteiger partial charge in [-0.05, 0) is 36.1 Å². The predicted molar refractivity (Wildman–Crippen MR) is 82.3 cm³/mol. The first-order valence-corrected chi connectivity index (χ1v) is 7.21. The van der Waals surface area contributed by atoms with E-state index in [0.29, 0.717) is 12.0 Å². The van der Waals surface area contributed by atoms with E-state index in [1.54, 1.807) is 0 Å². The number of nitrogens with one attached hydrogen (secondary N) is 1. The van der Waals surface area contributed by atoms with E-state index in [1.807, 2.05) is 56.3 Å². The van der Waals surface area contributed by atoms with Crippen molar-refractivity contribution in [2.24, 2.45) is 0 Å². The minimum atomic E-state index is -0.560. The first kappa shape index (κ1) is 13.8. The molecule has 0 spiro atoms. The lowest BCUT2D eigenvalue weighted by atomic mass is 10.0. The van der Waals surface area contributed by atoms with Crippen LogP contribution in [0.4, 0.5) is 0 Å². The molecule has 0 fully saturated rings. The van der Waals surface area contributed by atoms with Crippen LogP contribution in [0.15, 0.2) is 42.5 Å². The molecule has 2 aromatic carbocycles. The van der Waals surface area contributed by atoms with Crippen LogP contribution in [0.25, 0.3) is 0 Å². The lowest BCUT2D eigenvalue weighted by Gasteiger charge is -2.19. The van der Waals surface area contributed by atoms with E-state index in [2.05, 4.69) is 5.32 Å². The van der Waals surface area contributed by atoms with Crippen molar-refractivity contribution in [2.45, 2.75) is 32.4 Å². The minimum absolute atomic E-state index is 0.119. The predicted octanol–water partition coefficient (Wildman–Crippen LogP) is 2.69. The Kier molecular flexibility index (Phi) is 3.52. The van der Waals surface area contributed by atoms with Gasteiger partial charge in [-0.1, -0.05) is 42.5 Å². The summed E-state index contributed by atoms with van der Waals surface area (Å²) >= 11 is 0. The van der Waals surface area contributed by atoms with Gasteiger partial charge in [0.2, 0.25) is 0 Å². The second-order valence-corrected chi connectivity index (χ2v) is 5.69. The van der Waals surface area contributed by atoms with Gasteiger partial charge in [0, 0.05) is 12.0 Å². The van der Waals surface area contributed by atoms with Gasteiger partial charge in [-0.3, -0.25) is 4.79 Å².